The smallest absolute Gasteiger partial charge is 0.356 e. The topological polar surface area (TPSA) is 55.0 Å². The van der Waals surface area contributed by atoms with Crippen LogP contribution in [0.4, 0.5) is 0 Å². The zero-order chi connectivity index (χ0) is 11.0. The molecule has 78 valence electrons. The summed E-state index contributed by atoms with van der Waals surface area (Å²) in [5, 5.41) is 0. The van der Waals surface area contributed by atoms with Crippen molar-refractivity contribution < 1.29 is 9.53 Å². The number of carbonyl (C=O) groups excluding carboxylic acids is 1. The van der Waals surface area contributed by atoms with Crippen LogP contribution >= 0.6 is 15.9 Å². The fourth-order valence-electron chi connectivity index (χ4n) is 1.42. The third kappa shape index (κ3) is 1.63. The van der Waals surface area contributed by atoms with Gasteiger partial charge in [-0.3, -0.25) is 0 Å². The van der Waals surface area contributed by atoms with E-state index < -0.39 is 5.97 Å². The molecule has 0 saturated carbocycles. The Morgan fingerprint density at radius 3 is 3.00 bits per heavy atom. The number of halogens is 1. The molecular weight excluding hydrogens is 260 g/mol. The van der Waals surface area contributed by atoms with Crippen LogP contribution in [0.2, 0.25) is 0 Å². The number of esters is 1. The lowest BCUT2D eigenvalue weighted by atomic mass is 10.2. The summed E-state index contributed by atoms with van der Waals surface area (Å²) >= 11 is 3.35. The summed E-state index contributed by atoms with van der Waals surface area (Å²) in [6, 6.07) is 1.87. The van der Waals surface area contributed by atoms with Crippen molar-refractivity contribution in [2.75, 3.05) is 7.11 Å². The maximum Gasteiger partial charge on any atom is 0.356 e. The second-order valence-corrected chi connectivity index (χ2v) is 4.03. The van der Waals surface area contributed by atoms with Gasteiger partial charge in [0.2, 0.25) is 0 Å². The summed E-state index contributed by atoms with van der Waals surface area (Å²) in [5.74, 6) is -0.414. The average Bonchev–Trinajstić information content (AvgIpc) is 2.58. The molecule has 0 fully saturated rings. The van der Waals surface area contributed by atoms with Crippen LogP contribution in [0.25, 0.3) is 11.0 Å². The van der Waals surface area contributed by atoms with Gasteiger partial charge < -0.3 is 9.72 Å². The van der Waals surface area contributed by atoms with E-state index in [4.69, 9.17) is 0 Å². The molecule has 2 aromatic heterocycles. The highest BCUT2D eigenvalue weighted by molar-refractivity contribution is 9.10. The molecule has 5 heteroatoms. The van der Waals surface area contributed by atoms with Crippen molar-refractivity contribution in [3.8, 4) is 0 Å². The number of aromatic nitrogens is 2. The fourth-order valence-corrected chi connectivity index (χ4v) is 1.83. The first-order valence-electron chi connectivity index (χ1n) is 4.36. The highest BCUT2D eigenvalue weighted by atomic mass is 79.9. The zero-order valence-electron chi connectivity index (χ0n) is 8.30. The first-order valence-corrected chi connectivity index (χ1v) is 5.15. The first-order chi connectivity index (χ1) is 7.13. The number of nitrogens with one attached hydrogen (secondary N) is 1. The maximum atomic E-state index is 11.4. The number of ether oxygens (including phenoxy) is 1. The van der Waals surface area contributed by atoms with Gasteiger partial charge in [0.05, 0.1) is 17.1 Å². The number of aromatic amines is 1. The molecule has 0 saturated heterocycles. The lowest BCUT2D eigenvalue weighted by molar-refractivity contribution is 0.0593. The number of carbonyl (C=O) groups is 1. The summed E-state index contributed by atoms with van der Waals surface area (Å²) in [6.45, 7) is 1.83. The standard InChI is InChI=1S/C10H9BrN2O2/c1-5-3-7-9(6(11)4-12-7)13-8(5)10(14)15-2/h3-4,12H,1-2H3. The van der Waals surface area contributed by atoms with Crippen molar-refractivity contribution in [1.29, 1.82) is 0 Å². The molecule has 0 aliphatic heterocycles. The molecule has 15 heavy (non-hydrogen) atoms. The number of rotatable bonds is 1. The summed E-state index contributed by atoms with van der Waals surface area (Å²) in [4.78, 5) is 18.7. The molecule has 0 aliphatic carbocycles. The molecule has 2 heterocycles. The normalized spacial score (nSPS) is 10.6. The van der Waals surface area contributed by atoms with Crippen LogP contribution in [0.5, 0.6) is 0 Å². The Kier molecular flexibility index (Phi) is 2.48. The number of fused-ring (bicyclic) bond motifs is 1. The average molecular weight is 269 g/mol. The third-order valence-corrected chi connectivity index (χ3v) is 2.78. The van der Waals surface area contributed by atoms with Gasteiger partial charge in [-0.05, 0) is 34.5 Å². The summed E-state index contributed by atoms with van der Waals surface area (Å²) in [6.07, 6.45) is 1.79. The molecule has 0 radical (unpaired) electrons. The quantitative estimate of drug-likeness (QED) is 0.809. The molecule has 0 bridgehead atoms. The predicted octanol–water partition coefficient (Wildman–Crippen LogP) is 2.42. The van der Waals surface area contributed by atoms with Crippen molar-refractivity contribution in [1.82, 2.24) is 9.97 Å². The largest absolute Gasteiger partial charge is 0.464 e. The summed E-state index contributed by atoms with van der Waals surface area (Å²) in [5.41, 5.74) is 2.78. The van der Waals surface area contributed by atoms with Crippen LogP contribution in [-0.2, 0) is 4.74 Å². The van der Waals surface area contributed by atoms with Gasteiger partial charge in [-0.15, -0.1) is 0 Å². The first kappa shape index (κ1) is 10.2. The van der Waals surface area contributed by atoms with Gasteiger partial charge in [0.1, 0.15) is 5.52 Å². The molecule has 2 aromatic rings. The minimum atomic E-state index is -0.414. The zero-order valence-corrected chi connectivity index (χ0v) is 9.88. The molecule has 1 N–H and O–H groups in total. The van der Waals surface area contributed by atoms with Crippen molar-refractivity contribution in [2.45, 2.75) is 6.92 Å². The van der Waals surface area contributed by atoms with E-state index in [-0.39, 0.29) is 0 Å². The van der Waals surface area contributed by atoms with Crippen molar-refractivity contribution >= 4 is 32.9 Å². The molecule has 0 spiro atoms. The molecule has 2 rings (SSSR count). The molecule has 0 aromatic carbocycles. The molecule has 0 unspecified atom stereocenters. The number of H-pyrrole nitrogens is 1. The number of hydrogen-bond acceptors (Lipinski definition) is 3. The number of nitrogens with zero attached hydrogens (tertiary/aromatic N) is 1. The lowest BCUT2D eigenvalue weighted by Crippen LogP contribution is -2.06. The van der Waals surface area contributed by atoms with Crippen LogP contribution in [-0.4, -0.2) is 23.0 Å². The van der Waals surface area contributed by atoms with Crippen LogP contribution in [0.1, 0.15) is 16.1 Å². The Hall–Kier alpha value is -1.36. The van der Waals surface area contributed by atoms with Crippen LogP contribution in [0, 0.1) is 6.92 Å². The minimum Gasteiger partial charge on any atom is -0.464 e. The monoisotopic (exact) mass is 268 g/mol. The van der Waals surface area contributed by atoms with E-state index in [0.29, 0.717) is 5.69 Å². The molecule has 0 atom stereocenters. The Morgan fingerprint density at radius 2 is 2.33 bits per heavy atom. The van der Waals surface area contributed by atoms with E-state index in [0.717, 1.165) is 21.1 Å². The highest BCUT2D eigenvalue weighted by Gasteiger charge is 2.14. The SMILES string of the molecule is COC(=O)c1nc2c(Br)c[nH]c2cc1C. The van der Waals surface area contributed by atoms with Gasteiger partial charge in [0, 0.05) is 6.20 Å². The van der Waals surface area contributed by atoms with E-state index in [2.05, 4.69) is 30.6 Å². The van der Waals surface area contributed by atoms with Crippen LogP contribution in [0.15, 0.2) is 16.7 Å². The van der Waals surface area contributed by atoms with Gasteiger partial charge in [-0.25, -0.2) is 9.78 Å². The predicted molar refractivity (Wildman–Crippen MR) is 59.9 cm³/mol. The van der Waals surface area contributed by atoms with Gasteiger partial charge in [-0.1, -0.05) is 0 Å². The van der Waals surface area contributed by atoms with Crippen molar-refractivity contribution in [2.24, 2.45) is 0 Å². The fraction of sp³-hybridized carbons (Fsp3) is 0.200. The van der Waals surface area contributed by atoms with Crippen LogP contribution < -0.4 is 0 Å². The number of methoxy groups -OCH3 is 1. The summed E-state index contributed by atoms with van der Waals surface area (Å²) < 4.78 is 5.49. The number of pyridine rings is 1. The van der Waals surface area contributed by atoms with E-state index >= 15 is 0 Å². The van der Waals surface area contributed by atoms with Gasteiger partial charge in [0.25, 0.3) is 0 Å². The summed E-state index contributed by atoms with van der Waals surface area (Å²) in [7, 11) is 1.35. The number of hydrogen-bond donors (Lipinski definition) is 1. The molecule has 0 amide bonds. The van der Waals surface area contributed by atoms with Gasteiger partial charge >= 0.3 is 5.97 Å². The molecule has 4 nitrogen and oxygen atoms in total. The van der Waals surface area contributed by atoms with Crippen molar-refractivity contribution in [3.05, 3.63) is 28.0 Å². The van der Waals surface area contributed by atoms with Gasteiger partial charge in [-0.2, -0.15) is 0 Å². The van der Waals surface area contributed by atoms with Crippen molar-refractivity contribution in [3.63, 3.8) is 0 Å². The highest BCUT2D eigenvalue weighted by Crippen LogP contribution is 2.23. The Bertz CT molecular complexity index is 533. The Morgan fingerprint density at radius 1 is 1.60 bits per heavy atom. The van der Waals surface area contributed by atoms with E-state index in [1.807, 2.05) is 13.0 Å². The molecular formula is C10H9BrN2O2. The van der Waals surface area contributed by atoms with E-state index in [1.165, 1.54) is 7.11 Å². The van der Waals surface area contributed by atoms with E-state index in [1.54, 1.807) is 6.20 Å². The minimum absolute atomic E-state index is 0.352. The van der Waals surface area contributed by atoms with Gasteiger partial charge in [0.15, 0.2) is 5.69 Å². The third-order valence-electron chi connectivity index (χ3n) is 2.17. The van der Waals surface area contributed by atoms with Crippen LogP contribution in [0.3, 0.4) is 0 Å². The lowest BCUT2D eigenvalue weighted by Gasteiger charge is -2.02. The Labute approximate surface area is 94.8 Å². The number of aryl methyl sites for hydroxylation is 1. The van der Waals surface area contributed by atoms with E-state index in [9.17, 15) is 4.79 Å². The molecule has 0 aliphatic rings. The second kappa shape index (κ2) is 3.66. The second-order valence-electron chi connectivity index (χ2n) is 3.18. The maximum absolute atomic E-state index is 11.4. The Balaban J connectivity index is 2.70.